The second-order valence-electron chi connectivity index (χ2n) is 6.41. The molecule has 0 spiro atoms. The lowest BCUT2D eigenvalue weighted by molar-refractivity contribution is -0.0140. The van der Waals surface area contributed by atoms with E-state index in [9.17, 15) is 13.6 Å². The molecule has 1 heterocycles. The SMILES string of the molecule is CC(C)(C)OC(=O)NC1=NC(c2cccc(Br)c2)(C(F)F)COC1. The van der Waals surface area contributed by atoms with Crippen LogP contribution < -0.4 is 5.32 Å². The van der Waals surface area contributed by atoms with Gasteiger partial charge in [-0.05, 0) is 38.5 Å². The summed E-state index contributed by atoms with van der Waals surface area (Å²) in [4.78, 5) is 15.9. The number of alkyl halides is 2. The van der Waals surface area contributed by atoms with Gasteiger partial charge in [-0.1, -0.05) is 28.1 Å². The summed E-state index contributed by atoms with van der Waals surface area (Å²) in [6.07, 6.45) is -3.56. The van der Waals surface area contributed by atoms with Gasteiger partial charge >= 0.3 is 6.09 Å². The van der Waals surface area contributed by atoms with E-state index in [2.05, 4.69) is 26.2 Å². The predicted molar refractivity (Wildman–Crippen MR) is 89.4 cm³/mol. The first-order valence-electron chi connectivity index (χ1n) is 7.33. The number of amidine groups is 1. The van der Waals surface area contributed by atoms with Crippen LogP contribution in [0, 0.1) is 0 Å². The van der Waals surface area contributed by atoms with Gasteiger partial charge in [-0.15, -0.1) is 0 Å². The number of aliphatic imine (C=N–C) groups is 1. The highest BCUT2D eigenvalue weighted by Gasteiger charge is 2.45. The molecule has 2 rings (SSSR count). The fourth-order valence-electron chi connectivity index (χ4n) is 2.24. The summed E-state index contributed by atoms with van der Waals surface area (Å²) in [7, 11) is 0. The summed E-state index contributed by atoms with van der Waals surface area (Å²) in [5.41, 5.74) is -2.27. The van der Waals surface area contributed by atoms with Gasteiger partial charge in [0.2, 0.25) is 0 Å². The zero-order chi connectivity index (χ0) is 18.0. The Balaban J connectivity index is 2.31. The number of benzene rings is 1. The number of hydrogen-bond acceptors (Lipinski definition) is 4. The molecular weight excluding hydrogens is 386 g/mol. The third kappa shape index (κ3) is 4.51. The van der Waals surface area contributed by atoms with E-state index in [1.165, 1.54) is 0 Å². The van der Waals surface area contributed by atoms with Crippen LogP contribution in [0.5, 0.6) is 0 Å². The zero-order valence-corrected chi connectivity index (χ0v) is 15.2. The highest BCUT2D eigenvalue weighted by atomic mass is 79.9. The van der Waals surface area contributed by atoms with Crippen molar-refractivity contribution in [1.29, 1.82) is 0 Å². The number of carbonyl (C=O) groups is 1. The number of alkyl carbamates (subject to hydrolysis) is 1. The van der Waals surface area contributed by atoms with Crippen LogP contribution in [0.15, 0.2) is 33.7 Å². The Morgan fingerprint density at radius 2 is 2.17 bits per heavy atom. The van der Waals surface area contributed by atoms with E-state index < -0.39 is 23.7 Å². The van der Waals surface area contributed by atoms with Crippen LogP contribution in [-0.4, -0.2) is 37.2 Å². The molecule has 0 fully saturated rings. The number of carbonyl (C=O) groups excluding carboxylic acids is 1. The van der Waals surface area contributed by atoms with E-state index in [-0.39, 0.29) is 19.0 Å². The maximum Gasteiger partial charge on any atom is 0.413 e. The topological polar surface area (TPSA) is 59.9 Å². The first-order valence-corrected chi connectivity index (χ1v) is 8.12. The van der Waals surface area contributed by atoms with Crippen molar-refractivity contribution in [3.05, 3.63) is 34.3 Å². The third-order valence-electron chi connectivity index (χ3n) is 3.23. The van der Waals surface area contributed by atoms with Crippen LogP contribution in [-0.2, 0) is 15.0 Å². The third-order valence-corrected chi connectivity index (χ3v) is 3.72. The first-order chi connectivity index (χ1) is 11.1. The second kappa shape index (κ2) is 7.14. The Bertz CT molecular complexity index is 646. The average molecular weight is 405 g/mol. The fourth-order valence-corrected chi connectivity index (χ4v) is 2.64. The van der Waals surface area contributed by atoms with Crippen LogP contribution in [0.25, 0.3) is 0 Å². The number of nitrogens with one attached hydrogen (secondary N) is 1. The molecule has 0 aliphatic carbocycles. The van der Waals surface area contributed by atoms with Gasteiger partial charge in [-0.3, -0.25) is 5.32 Å². The van der Waals surface area contributed by atoms with Crippen molar-refractivity contribution in [2.45, 2.75) is 38.3 Å². The minimum absolute atomic E-state index is 0.00998. The van der Waals surface area contributed by atoms with Crippen molar-refractivity contribution in [2.24, 2.45) is 4.99 Å². The lowest BCUT2D eigenvalue weighted by Gasteiger charge is -2.34. The molecule has 8 heteroatoms. The van der Waals surface area contributed by atoms with E-state index in [4.69, 9.17) is 9.47 Å². The average Bonchev–Trinajstić information content (AvgIpc) is 2.45. The second-order valence-corrected chi connectivity index (χ2v) is 7.33. The number of ether oxygens (including phenoxy) is 2. The van der Waals surface area contributed by atoms with Gasteiger partial charge in [0.1, 0.15) is 18.0 Å². The van der Waals surface area contributed by atoms with E-state index in [1.807, 2.05) is 0 Å². The highest BCUT2D eigenvalue weighted by molar-refractivity contribution is 9.10. The van der Waals surface area contributed by atoms with Crippen molar-refractivity contribution in [3.8, 4) is 0 Å². The minimum Gasteiger partial charge on any atom is -0.444 e. The lowest BCUT2D eigenvalue weighted by Crippen LogP contribution is -2.48. The molecule has 1 aliphatic heterocycles. The zero-order valence-electron chi connectivity index (χ0n) is 13.6. The summed E-state index contributed by atoms with van der Waals surface area (Å²) in [6, 6.07) is 6.50. The standard InChI is InChI=1S/C16H19BrF2N2O3/c1-15(2,3)24-14(22)20-12-8-23-9-16(21-12,13(18)19)10-5-4-6-11(17)7-10/h4-7,13H,8-9H2,1-3H3,(H,20,21,22). The smallest absolute Gasteiger partial charge is 0.413 e. The quantitative estimate of drug-likeness (QED) is 0.813. The molecule has 0 saturated heterocycles. The summed E-state index contributed by atoms with van der Waals surface area (Å²) < 4.78 is 38.7. The van der Waals surface area contributed by atoms with Gasteiger partial charge in [0.15, 0.2) is 5.54 Å². The van der Waals surface area contributed by atoms with Crippen LogP contribution in [0.1, 0.15) is 26.3 Å². The normalized spacial score (nSPS) is 21.4. The molecule has 0 radical (unpaired) electrons. The number of hydrogen-bond donors (Lipinski definition) is 1. The Kier molecular flexibility index (Phi) is 5.59. The Hall–Kier alpha value is -1.54. The van der Waals surface area contributed by atoms with Gasteiger partial charge < -0.3 is 9.47 Å². The van der Waals surface area contributed by atoms with Crippen molar-refractivity contribution >= 4 is 27.9 Å². The van der Waals surface area contributed by atoms with Crippen molar-refractivity contribution in [3.63, 3.8) is 0 Å². The Morgan fingerprint density at radius 3 is 2.75 bits per heavy atom. The fraction of sp³-hybridized carbons (Fsp3) is 0.500. The largest absolute Gasteiger partial charge is 0.444 e. The lowest BCUT2D eigenvalue weighted by atomic mass is 9.91. The molecule has 0 bridgehead atoms. The van der Waals surface area contributed by atoms with Gasteiger partial charge in [0.25, 0.3) is 6.43 Å². The number of rotatable bonds is 2. The molecule has 1 atom stereocenters. The molecule has 1 aliphatic rings. The molecule has 132 valence electrons. The highest BCUT2D eigenvalue weighted by Crippen LogP contribution is 2.36. The Morgan fingerprint density at radius 1 is 1.46 bits per heavy atom. The number of halogens is 3. The van der Waals surface area contributed by atoms with Crippen LogP contribution in [0.2, 0.25) is 0 Å². The minimum atomic E-state index is -2.80. The van der Waals surface area contributed by atoms with Gasteiger partial charge in [0.05, 0.1) is 6.61 Å². The Labute approximate surface area is 147 Å². The summed E-state index contributed by atoms with van der Waals surface area (Å²) in [6.45, 7) is 4.77. The molecule has 1 aromatic carbocycles. The molecule has 0 saturated carbocycles. The molecule has 5 nitrogen and oxygen atoms in total. The maximum atomic E-state index is 13.8. The molecule has 0 aromatic heterocycles. The summed E-state index contributed by atoms with van der Waals surface area (Å²) in [5.74, 6) is 0.00998. The number of amides is 1. The summed E-state index contributed by atoms with van der Waals surface area (Å²) >= 11 is 3.27. The van der Waals surface area contributed by atoms with Crippen molar-refractivity contribution in [2.75, 3.05) is 13.2 Å². The van der Waals surface area contributed by atoms with Gasteiger partial charge in [-0.2, -0.15) is 0 Å². The van der Waals surface area contributed by atoms with Crippen LogP contribution in [0.4, 0.5) is 13.6 Å². The number of nitrogens with zero attached hydrogens (tertiary/aromatic N) is 1. The van der Waals surface area contributed by atoms with Gasteiger partial charge in [0, 0.05) is 4.47 Å². The van der Waals surface area contributed by atoms with Gasteiger partial charge in [-0.25, -0.2) is 18.6 Å². The molecule has 1 aromatic rings. The molecule has 1 amide bonds. The van der Waals surface area contributed by atoms with Crippen LogP contribution >= 0.6 is 15.9 Å². The molecule has 1 unspecified atom stereocenters. The molecule has 1 N–H and O–H groups in total. The maximum absolute atomic E-state index is 13.8. The van der Waals surface area contributed by atoms with E-state index in [0.29, 0.717) is 10.0 Å². The molecule has 24 heavy (non-hydrogen) atoms. The van der Waals surface area contributed by atoms with E-state index in [1.54, 1.807) is 45.0 Å². The van der Waals surface area contributed by atoms with Crippen molar-refractivity contribution < 1.29 is 23.0 Å². The monoisotopic (exact) mass is 404 g/mol. The predicted octanol–water partition coefficient (Wildman–Crippen LogP) is 3.86. The van der Waals surface area contributed by atoms with E-state index >= 15 is 0 Å². The first kappa shape index (κ1) is 18.8. The van der Waals surface area contributed by atoms with Crippen molar-refractivity contribution in [1.82, 2.24) is 5.32 Å². The molecular formula is C16H19BrF2N2O3. The van der Waals surface area contributed by atoms with Crippen LogP contribution in [0.3, 0.4) is 0 Å². The summed E-state index contributed by atoms with van der Waals surface area (Å²) in [5, 5.41) is 2.39. The van der Waals surface area contributed by atoms with E-state index in [0.717, 1.165) is 0 Å².